The Morgan fingerprint density at radius 2 is 1.80 bits per heavy atom. The van der Waals surface area contributed by atoms with Gasteiger partial charge >= 0.3 is 11.9 Å². The zero-order chi connectivity index (χ0) is 11.6. The van der Waals surface area contributed by atoms with Crippen LogP contribution < -0.4 is 0 Å². The molecular formula is C11H16O4. The lowest BCUT2D eigenvalue weighted by Crippen LogP contribution is -2.32. The molecule has 0 saturated carbocycles. The zero-order valence-corrected chi connectivity index (χ0v) is 8.93. The molecule has 4 heteroatoms. The van der Waals surface area contributed by atoms with E-state index in [1.807, 2.05) is 19.9 Å². The van der Waals surface area contributed by atoms with Gasteiger partial charge in [0, 0.05) is 0 Å². The van der Waals surface area contributed by atoms with Gasteiger partial charge in [0.05, 0.1) is 11.8 Å². The summed E-state index contributed by atoms with van der Waals surface area (Å²) in [5.41, 5.74) is 1.06. The molecule has 84 valence electrons. The molecule has 0 aromatic heterocycles. The molecule has 1 aliphatic carbocycles. The summed E-state index contributed by atoms with van der Waals surface area (Å²) in [4.78, 5) is 21.8. The van der Waals surface area contributed by atoms with E-state index in [9.17, 15) is 9.59 Å². The van der Waals surface area contributed by atoms with Gasteiger partial charge in [-0.15, -0.1) is 0 Å². The van der Waals surface area contributed by atoms with E-state index in [0.29, 0.717) is 18.8 Å². The van der Waals surface area contributed by atoms with Crippen LogP contribution in [-0.4, -0.2) is 22.2 Å². The van der Waals surface area contributed by atoms with Gasteiger partial charge in [0.15, 0.2) is 0 Å². The largest absolute Gasteiger partial charge is 0.481 e. The lowest BCUT2D eigenvalue weighted by Gasteiger charge is -2.27. The van der Waals surface area contributed by atoms with Crippen molar-refractivity contribution in [1.82, 2.24) is 0 Å². The van der Waals surface area contributed by atoms with Gasteiger partial charge in [-0.05, 0) is 18.8 Å². The lowest BCUT2D eigenvalue weighted by molar-refractivity contribution is -0.154. The van der Waals surface area contributed by atoms with Crippen LogP contribution >= 0.6 is 0 Å². The van der Waals surface area contributed by atoms with E-state index < -0.39 is 23.8 Å². The van der Waals surface area contributed by atoms with Gasteiger partial charge in [0.1, 0.15) is 0 Å². The number of carbonyl (C=O) groups is 2. The molecule has 1 aliphatic rings. The number of hydrogen-bond donors (Lipinski definition) is 2. The quantitative estimate of drug-likeness (QED) is 0.699. The van der Waals surface area contributed by atoms with Crippen LogP contribution in [0.3, 0.4) is 0 Å². The molecule has 0 aromatic rings. The normalized spacial score (nSPS) is 26.2. The summed E-state index contributed by atoms with van der Waals surface area (Å²) in [5, 5.41) is 17.9. The second kappa shape index (κ2) is 4.47. The van der Waals surface area contributed by atoms with E-state index in [1.165, 1.54) is 0 Å². The Bertz CT molecular complexity index is 304. The standard InChI is InChI=1S/C11H16O4/c1-6(2)7-3-4-8(10(12)13)9(5-7)11(14)15/h3,6,8-9H,4-5H2,1-2H3,(H,12,13)(H,14,15)/t8-,9-/m1/s1. The Morgan fingerprint density at radius 3 is 2.20 bits per heavy atom. The van der Waals surface area contributed by atoms with E-state index in [0.717, 1.165) is 5.57 Å². The lowest BCUT2D eigenvalue weighted by atomic mass is 9.77. The summed E-state index contributed by atoms with van der Waals surface area (Å²) in [6, 6.07) is 0. The molecule has 0 unspecified atom stereocenters. The summed E-state index contributed by atoms with van der Waals surface area (Å²) in [7, 11) is 0. The van der Waals surface area contributed by atoms with Crippen molar-refractivity contribution in [2.45, 2.75) is 26.7 Å². The average molecular weight is 212 g/mol. The van der Waals surface area contributed by atoms with Crippen LogP contribution in [-0.2, 0) is 9.59 Å². The predicted molar refractivity (Wildman–Crippen MR) is 54.4 cm³/mol. The van der Waals surface area contributed by atoms with Gasteiger partial charge in [-0.2, -0.15) is 0 Å². The third-order valence-electron chi connectivity index (χ3n) is 2.95. The molecule has 0 radical (unpaired) electrons. The molecule has 0 aromatic carbocycles. The highest BCUT2D eigenvalue weighted by Gasteiger charge is 2.36. The van der Waals surface area contributed by atoms with Gasteiger partial charge < -0.3 is 10.2 Å². The van der Waals surface area contributed by atoms with E-state index in [-0.39, 0.29) is 0 Å². The van der Waals surface area contributed by atoms with Crippen molar-refractivity contribution in [2.75, 3.05) is 0 Å². The number of hydrogen-bond acceptors (Lipinski definition) is 2. The first-order valence-corrected chi connectivity index (χ1v) is 5.08. The van der Waals surface area contributed by atoms with Crippen LogP contribution in [0.1, 0.15) is 26.7 Å². The first kappa shape index (κ1) is 11.8. The van der Waals surface area contributed by atoms with E-state index in [2.05, 4.69) is 0 Å². The minimum atomic E-state index is -1.01. The number of carboxylic acid groups (broad SMARTS) is 2. The number of allylic oxidation sites excluding steroid dienone is 2. The van der Waals surface area contributed by atoms with Crippen molar-refractivity contribution in [3.05, 3.63) is 11.6 Å². The summed E-state index contributed by atoms with van der Waals surface area (Å²) in [6.45, 7) is 3.98. The number of carboxylic acids is 2. The Kier molecular flexibility index (Phi) is 3.50. The van der Waals surface area contributed by atoms with Crippen LogP contribution in [0.5, 0.6) is 0 Å². The van der Waals surface area contributed by atoms with Crippen molar-refractivity contribution in [1.29, 1.82) is 0 Å². The summed E-state index contributed by atoms with van der Waals surface area (Å²) in [5.74, 6) is -3.27. The minimum absolute atomic E-state index is 0.293. The third-order valence-corrected chi connectivity index (χ3v) is 2.95. The molecular weight excluding hydrogens is 196 g/mol. The van der Waals surface area contributed by atoms with Crippen LogP contribution in [0.2, 0.25) is 0 Å². The Labute approximate surface area is 88.6 Å². The molecule has 2 N–H and O–H groups in total. The van der Waals surface area contributed by atoms with Gasteiger partial charge in [-0.25, -0.2) is 0 Å². The van der Waals surface area contributed by atoms with E-state index >= 15 is 0 Å². The fraction of sp³-hybridized carbons (Fsp3) is 0.636. The maximum atomic E-state index is 10.9. The molecule has 0 fully saturated rings. The highest BCUT2D eigenvalue weighted by atomic mass is 16.4. The Hall–Kier alpha value is -1.32. The fourth-order valence-corrected chi connectivity index (χ4v) is 1.93. The van der Waals surface area contributed by atoms with Crippen LogP contribution in [0.25, 0.3) is 0 Å². The minimum Gasteiger partial charge on any atom is -0.481 e. The molecule has 2 atom stereocenters. The molecule has 0 amide bonds. The number of aliphatic carboxylic acids is 2. The molecule has 1 rings (SSSR count). The van der Waals surface area contributed by atoms with E-state index in [4.69, 9.17) is 10.2 Å². The molecule has 0 bridgehead atoms. The van der Waals surface area contributed by atoms with Crippen molar-refractivity contribution >= 4 is 11.9 Å². The summed E-state index contributed by atoms with van der Waals surface area (Å²) < 4.78 is 0. The smallest absolute Gasteiger partial charge is 0.307 e. The Morgan fingerprint density at radius 1 is 1.27 bits per heavy atom. The maximum absolute atomic E-state index is 10.9. The van der Waals surface area contributed by atoms with E-state index in [1.54, 1.807) is 0 Å². The summed E-state index contributed by atoms with van der Waals surface area (Å²) in [6.07, 6.45) is 2.58. The van der Waals surface area contributed by atoms with Gasteiger partial charge in [0.2, 0.25) is 0 Å². The zero-order valence-electron chi connectivity index (χ0n) is 8.93. The second-order valence-corrected chi connectivity index (χ2v) is 4.26. The molecule has 4 nitrogen and oxygen atoms in total. The molecule has 0 heterocycles. The fourth-order valence-electron chi connectivity index (χ4n) is 1.93. The highest BCUT2D eigenvalue weighted by molar-refractivity contribution is 5.80. The molecule has 15 heavy (non-hydrogen) atoms. The molecule has 0 saturated heterocycles. The van der Waals surface area contributed by atoms with Gasteiger partial charge in [-0.1, -0.05) is 25.5 Å². The predicted octanol–water partition coefficient (Wildman–Crippen LogP) is 1.76. The van der Waals surface area contributed by atoms with Crippen LogP contribution in [0, 0.1) is 17.8 Å². The van der Waals surface area contributed by atoms with Crippen LogP contribution in [0.4, 0.5) is 0 Å². The van der Waals surface area contributed by atoms with Gasteiger partial charge in [0.25, 0.3) is 0 Å². The van der Waals surface area contributed by atoms with Crippen molar-refractivity contribution < 1.29 is 19.8 Å². The topological polar surface area (TPSA) is 74.6 Å². The number of rotatable bonds is 3. The van der Waals surface area contributed by atoms with Crippen LogP contribution in [0.15, 0.2) is 11.6 Å². The molecule has 0 spiro atoms. The second-order valence-electron chi connectivity index (χ2n) is 4.26. The molecule has 0 aliphatic heterocycles. The van der Waals surface area contributed by atoms with Gasteiger partial charge in [-0.3, -0.25) is 9.59 Å². The first-order chi connectivity index (χ1) is 6.93. The summed E-state index contributed by atoms with van der Waals surface area (Å²) >= 11 is 0. The van der Waals surface area contributed by atoms with Crippen molar-refractivity contribution in [3.63, 3.8) is 0 Å². The Balaban J connectivity index is 2.87. The SMILES string of the molecule is CC(C)C1=CC[C@@H](C(=O)O)[C@H](C(=O)O)C1. The van der Waals surface area contributed by atoms with Crippen molar-refractivity contribution in [3.8, 4) is 0 Å². The highest BCUT2D eigenvalue weighted by Crippen LogP contribution is 2.33. The third kappa shape index (κ3) is 2.58. The van der Waals surface area contributed by atoms with Crippen molar-refractivity contribution in [2.24, 2.45) is 17.8 Å². The first-order valence-electron chi connectivity index (χ1n) is 5.08. The monoisotopic (exact) mass is 212 g/mol. The maximum Gasteiger partial charge on any atom is 0.307 e. The average Bonchev–Trinajstić information content (AvgIpc) is 2.16.